The molecule has 0 heterocycles. The number of nitrogens with one attached hydrogen (secondary N) is 1. The van der Waals surface area contributed by atoms with E-state index in [0.29, 0.717) is 6.07 Å². The Labute approximate surface area is 98.2 Å². The van der Waals surface area contributed by atoms with Crippen LogP contribution in [-0.4, -0.2) is 18.6 Å². The first-order chi connectivity index (χ1) is 8.26. The van der Waals surface area contributed by atoms with Crippen LogP contribution < -0.4 is 15.9 Å². The van der Waals surface area contributed by atoms with Crippen molar-refractivity contribution in [3.63, 3.8) is 0 Å². The van der Waals surface area contributed by atoms with E-state index in [-0.39, 0.29) is 5.56 Å². The average molecular weight is 265 g/mol. The van der Waals surface area contributed by atoms with Crippen LogP contribution in [0.4, 0.5) is 22.4 Å². The van der Waals surface area contributed by atoms with Crippen LogP contribution in [0.1, 0.15) is 5.56 Å². The third-order valence-electron chi connectivity index (χ3n) is 1.52. The van der Waals surface area contributed by atoms with Crippen LogP contribution in [0.2, 0.25) is 0 Å². The predicted molar refractivity (Wildman–Crippen MR) is 53.4 cm³/mol. The van der Waals surface area contributed by atoms with Gasteiger partial charge in [0.05, 0.1) is 6.21 Å². The van der Waals surface area contributed by atoms with Crippen molar-refractivity contribution in [1.82, 2.24) is 5.43 Å². The van der Waals surface area contributed by atoms with Gasteiger partial charge in [0.25, 0.3) is 0 Å². The van der Waals surface area contributed by atoms with Crippen molar-refractivity contribution in [2.24, 2.45) is 10.8 Å². The van der Waals surface area contributed by atoms with Crippen LogP contribution in [0.3, 0.4) is 0 Å². The summed E-state index contributed by atoms with van der Waals surface area (Å²) in [4.78, 5) is 10.3. The topological polar surface area (TPSA) is 76.7 Å². The molecule has 0 aromatic heterocycles. The SMILES string of the molecule is NC(=O)NN=Cc1cc(F)cc(OC(F)(F)F)c1. The highest BCUT2D eigenvalue weighted by atomic mass is 19.4. The number of hydrogen-bond donors (Lipinski definition) is 2. The average Bonchev–Trinajstić information content (AvgIpc) is 2.12. The number of rotatable bonds is 3. The van der Waals surface area contributed by atoms with Gasteiger partial charge in [-0.1, -0.05) is 0 Å². The first-order valence-corrected chi connectivity index (χ1v) is 4.41. The van der Waals surface area contributed by atoms with Crippen molar-refractivity contribution in [3.8, 4) is 5.75 Å². The fourth-order valence-corrected chi connectivity index (χ4v) is 1.02. The van der Waals surface area contributed by atoms with Gasteiger partial charge in [-0.15, -0.1) is 13.2 Å². The fourth-order valence-electron chi connectivity index (χ4n) is 1.02. The van der Waals surface area contributed by atoms with E-state index in [1.165, 1.54) is 0 Å². The summed E-state index contributed by atoms with van der Waals surface area (Å²) in [7, 11) is 0. The molecule has 1 rings (SSSR count). The lowest BCUT2D eigenvalue weighted by molar-refractivity contribution is -0.274. The Morgan fingerprint density at radius 2 is 2.06 bits per heavy atom. The first kappa shape index (κ1) is 13.7. The molecule has 0 aliphatic heterocycles. The Balaban J connectivity index is 2.87. The van der Waals surface area contributed by atoms with Crippen molar-refractivity contribution >= 4 is 12.2 Å². The molecule has 0 atom stereocenters. The van der Waals surface area contributed by atoms with Crippen molar-refractivity contribution in [1.29, 1.82) is 0 Å². The molecular formula is C9H7F4N3O2. The molecule has 1 aromatic rings. The Kier molecular flexibility index (Phi) is 4.08. The van der Waals surface area contributed by atoms with Gasteiger partial charge in [-0.3, -0.25) is 0 Å². The smallest absolute Gasteiger partial charge is 0.406 e. The third kappa shape index (κ3) is 5.14. The van der Waals surface area contributed by atoms with Gasteiger partial charge in [0.1, 0.15) is 11.6 Å². The van der Waals surface area contributed by atoms with Crippen LogP contribution in [0.15, 0.2) is 23.3 Å². The molecule has 0 unspecified atom stereocenters. The van der Waals surface area contributed by atoms with Gasteiger partial charge in [0.15, 0.2) is 0 Å². The van der Waals surface area contributed by atoms with Crippen LogP contribution in [0.5, 0.6) is 5.75 Å². The quantitative estimate of drug-likeness (QED) is 0.496. The lowest BCUT2D eigenvalue weighted by Crippen LogP contribution is -2.24. The molecule has 98 valence electrons. The fraction of sp³-hybridized carbons (Fsp3) is 0.111. The normalized spacial score (nSPS) is 11.6. The lowest BCUT2D eigenvalue weighted by Gasteiger charge is -2.09. The summed E-state index contributed by atoms with van der Waals surface area (Å²) in [6, 6.07) is 1.39. The number of primary amides is 1. The predicted octanol–water partition coefficient (Wildman–Crippen LogP) is 1.73. The minimum atomic E-state index is -4.92. The molecule has 0 aliphatic rings. The highest BCUT2D eigenvalue weighted by Gasteiger charge is 2.31. The summed E-state index contributed by atoms with van der Waals surface area (Å²) in [5, 5.41) is 3.27. The van der Waals surface area contributed by atoms with E-state index < -0.39 is 24.0 Å². The molecule has 0 aliphatic carbocycles. The molecule has 5 nitrogen and oxygen atoms in total. The second-order valence-corrected chi connectivity index (χ2v) is 3.00. The summed E-state index contributed by atoms with van der Waals surface area (Å²) >= 11 is 0. The first-order valence-electron chi connectivity index (χ1n) is 4.41. The summed E-state index contributed by atoms with van der Waals surface area (Å²) < 4.78 is 52.2. The van der Waals surface area contributed by atoms with E-state index in [1.807, 2.05) is 0 Å². The van der Waals surface area contributed by atoms with E-state index in [9.17, 15) is 22.4 Å². The zero-order valence-corrected chi connectivity index (χ0v) is 8.66. The van der Waals surface area contributed by atoms with Crippen molar-refractivity contribution in [3.05, 3.63) is 29.6 Å². The van der Waals surface area contributed by atoms with Crippen molar-refractivity contribution in [2.75, 3.05) is 0 Å². The van der Waals surface area contributed by atoms with Crippen molar-refractivity contribution < 1.29 is 27.1 Å². The zero-order valence-electron chi connectivity index (χ0n) is 8.66. The molecule has 0 fully saturated rings. The van der Waals surface area contributed by atoms with Gasteiger partial charge in [-0.2, -0.15) is 5.10 Å². The molecule has 0 bridgehead atoms. The summed E-state index contributed by atoms with van der Waals surface area (Å²) in [6.45, 7) is 0. The Hall–Kier alpha value is -2.32. The Bertz CT molecular complexity index is 473. The summed E-state index contributed by atoms with van der Waals surface area (Å²) in [5.74, 6) is -1.68. The van der Waals surface area contributed by atoms with Gasteiger partial charge >= 0.3 is 12.4 Å². The molecule has 18 heavy (non-hydrogen) atoms. The monoisotopic (exact) mass is 265 g/mol. The molecule has 0 saturated heterocycles. The number of alkyl halides is 3. The number of carbonyl (C=O) groups excluding carboxylic acids is 1. The molecular weight excluding hydrogens is 258 g/mol. The van der Waals surface area contributed by atoms with E-state index in [0.717, 1.165) is 18.3 Å². The number of urea groups is 1. The molecule has 9 heteroatoms. The molecule has 0 saturated carbocycles. The zero-order chi connectivity index (χ0) is 13.8. The Morgan fingerprint density at radius 3 is 2.61 bits per heavy atom. The van der Waals surface area contributed by atoms with Crippen LogP contribution in [0.25, 0.3) is 0 Å². The summed E-state index contributed by atoms with van der Waals surface area (Å²) in [6.07, 6.45) is -4.01. The van der Waals surface area contributed by atoms with E-state index >= 15 is 0 Å². The molecule has 0 radical (unpaired) electrons. The van der Waals surface area contributed by atoms with E-state index in [4.69, 9.17) is 0 Å². The number of carbonyl (C=O) groups is 1. The van der Waals surface area contributed by atoms with E-state index in [2.05, 4.69) is 15.6 Å². The highest BCUT2D eigenvalue weighted by Crippen LogP contribution is 2.24. The number of nitrogens with zero attached hydrogens (tertiary/aromatic N) is 1. The summed E-state index contributed by atoms with van der Waals surface area (Å²) in [5.41, 5.74) is 6.45. The standard InChI is InChI=1S/C9H7F4N3O2/c10-6-1-5(4-15-16-8(14)17)2-7(3-6)18-9(11,12)13/h1-4H,(H3,14,16,17). The van der Waals surface area contributed by atoms with Gasteiger partial charge in [-0.25, -0.2) is 14.6 Å². The maximum Gasteiger partial charge on any atom is 0.573 e. The largest absolute Gasteiger partial charge is 0.573 e. The van der Waals surface area contributed by atoms with Crippen molar-refractivity contribution in [2.45, 2.75) is 6.36 Å². The van der Waals surface area contributed by atoms with Crippen LogP contribution in [-0.2, 0) is 0 Å². The number of hydrazone groups is 1. The number of amides is 2. The Morgan fingerprint density at radius 1 is 1.39 bits per heavy atom. The second kappa shape index (κ2) is 5.34. The van der Waals surface area contributed by atoms with Gasteiger partial charge in [0.2, 0.25) is 0 Å². The molecule has 1 aromatic carbocycles. The third-order valence-corrected chi connectivity index (χ3v) is 1.52. The van der Waals surface area contributed by atoms with Gasteiger partial charge in [-0.05, 0) is 12.1 Å². The maximum absolute atomic E-state index is 13.0. The van der Waals surface area contributed by atoms with E-state index in [1.54, 1.807) is 5.43 Å². The molecule has 2 amide bonds. The molecule has 0 spiro atoms. The van der Waals surface area contributed by atoms with Crippen LogP contribution in [0, 0.1) is 5.82 Å². The minimum Gasteiger partial charge on any atom is -0.406 e. The maximum atomic E-state index is 13.0. The minimum absolute atomic E-state index is 0.0389. The van der Waals surface area contributed by atoms with Crippen LogP contribution >= 0.6 is 0 Å². The van der Waals surface area contributed by atoms with Gasteiger partial charge < -0.3 is 10.5 Å². The number of benzene rings is 1. The van der Waals surface area contributed by atoms with Gasteiger partial charge in [0, 0.05) is 11.6 Å². The number of ether oxygens (including phenoxy) is 1. The number of hydrogen-bond acceptors (Lipinski definition) is 3. The molecule has 3 N–H and O–H groups in total. The second-order valence-electron chi connectivity index (χ2n) is 3.00. The highest BCUT2D eigenvalue weighted by molar-refractivity contribution is 5.82. The number of halogens is 4. The number of nitrogens with two attached hydrogens (primary N) is 1. The lowest BCUT2D eigenvalue weighted by atomic mass is 10.2.